The molecule has 1 aromatic rings. The molecule has 248 valence electrons. The van der Waals surface area contributed by atoms with Crippen LogP contribution in [-0.4, -0.2) is 77.2 Å². The van der Waals surface area contributed by atoms with Crippen LogP contribution in [0.3, 0.4) is 0 Å². The highest BCUT2D eigenvalue weighted by molar-refractivity contribution is 6.23. The fourth-order valence-corrected chi connectivity index (χ4v) is 5.61. The zero-order chi connectivity index (χ0) is 34.1. The van der Waals surface area contributed by atoms with Crippen LogP contribution in [0.25, 0.3) is 0 Å². The smallest absolute Gasteiger partial charge is 0.405 e. The third-order valence-electron chi connectivity index (χ3n) is 8.13. The quantitative estimate of drug-likeness (QED) is 0.321. The summed E-state index contributed by atoms with van der Waals surface area (Å²) in [6.45, 7) is 6.87. The van der Waals surface area contributed by atoms with Gasteiger partial charge in [-0.3, -0.25) is 24.3 Å². The molecule has 2 amide bonds. The van der Waals surface area contributed by atoms with E-state index in [2.05, 4.69) is 4.98 Å². The molecule has 2 aliphatic rings. The van der Waals surface area contributed by atoms with Gasteiger partial charge in [0, 0.05) is 43.6 Å². The first-order valence-corrected chi connectivity index (χ1v) is 15.0. The maximum atomic E-state index is 14.0. The number of pyridine rings is 1. The van der Waals surface area contributed by atoms with Gasteiger partial charge in [-0.25, -0.2) is 4.79 Å². The van der Waals surface area contributed by atoms with Gasteiger partial charge in [-0.1, -0.05) is 44.2 Å². The van der Waals surface area contributed by atoms with Crippen LogP contribution < -0.4 is 11.5 Å². The number of amides is 2. The highest BCUT2D eigenvalue weighted by Crippen LogP contribution is 2.30. The fraction of sp³-hybridized carbons (Fsp3) is 0.441. The summed E-state index contributed by atoms with van der Waals surface area (Å²) < 4.78 is 16.7. The SMILES string of the molecule is CO[C@H]1/C=C\C=C(/C)C(=O)N(Cc2ccccn2)C2=CC(=O)C(N)=C(C[C@@H](C)C[C@H](OC)[C@H](O)[C@@H](C)/C=C(\C)[C@@H]1OC(N)=O)C2=O. The van der Waals surface area contributed by atoms with Crippen LogP contribution in [0.4, 0.5) is 4.79 Å². The monoisotopic (exact) mass is 636 g/mol. The number of aromatic nitrogens is 1. The number of nitrogens with two attached hydrogens (primary N) is 2. The van der Waals surface area contributed by atoms with E-state index in [0.29, 0.717) is 17.7 Å². The number of carbonyl (C=O) groups is 4. The van der Waals surface area contributed by atoms with Gasteiger partial charge in [0.15, 0.2) is 6.10 Å². The third kappa shape index (κ3) is 8.87. The Kier molecular flexibility index (Phi) is 12.7. The summed E-state index contributed by atoms with van der Waals surface area (Å²) in [5, 5.41) is 11.3. The largest absolute Gasteiger partial charge is 0.439 e. The van der Waals surface area contributed by atoms with E-state index >= 15 is 0 Å². The second-order valence-electron chi connectivity index (χ2n) is 11.7. The van der Waals surface area contributed by atoms with Crippen molar-refractivity contribution in [3.8, 4) is 0 Å². The van der Waals surface area contributed by atoms with E-state index in [1.807, 2.05) is 6.92 Å². The van der Waals surface area contributed by atoms with Crippen molar-refractivity contribution in [2.24, 2.45) is 23.3 Å². The fourth-order valence-electron chi connectivity index (χ4n) is 5.61. The van der Waals surface area contributed by atoms with Crippen LogP contribution in [0.2, 0.25) is 0 Å². The number of allylic oxidation sites excluding steroid dienone is 4. The maximum absolute atomic E-state index is 14.0. The number of aliphatic hydroxyl groups excluding tert-OH is 1. The number of aliphatic hydroxyl groups is 1. The van der Waals surface area contributed by atoms with E-state index in [0.717, 1.165) is 6.08 Å². The number of Topliss-reactive ketones (excluding diaryl/α,β-unsaturated/α-hetero) is 1. The highest BCUT2D eigenvalue weighted by Gasteiger charge is 2.35. The molecule has 0 unspecified atom stereocenters. The Bertz CT molecular complexity index is 1460. The molecule has 0 aromatic carbocycles. The number of hydrogen-bond donors (Lipinski definition) is 3. The molecule has 2 heterocycles. The molecule has 0 radical (unpaired) electrons. The van der Waals surface area contributed by atoms with E-state index in [-0.39, 0.29) is 41.4 Å². The number of rotatable bonds is 5. The predicted octanol–water partition coefficient (Wildman–Crippen LogP) is 3.03. The van der Waals surface area contributed by atoms with Gasteiger partial charge in [0.2, 0.25) is 11.6 Å². The molecule has 0 spiro atoms. The number of nitrogens with zero attached hydrogens (tertiary/aromatic N) is 2. The zero-order valence-electron chi connectivity index (χ0n) is 27.1. The number of carbonyl (C=O) groups excluding carboxylic acids is 4. The first-order valence-electron chi connectivity index (χ1n) is 15.0. The van der Waals surface area contributed by atoms with Crippen molar-refractivity contribution in [3.63, 3.8) is 0 Å². The number of hydrogen-bond acceptors (Lipinski definition) is 10. The molecule has 5 N–H and O–H groups in total. The van der Waals surface area contributed by atoms with Crippen molar-refractivity contribution in [1.29, 1.82) is 0 Å². The van der Waals surface area contributed by atoms with E-state index in [9.17, 15) is 24.3 Å². The standard InChI is InChI=1S/C34H44N4O8/c1-19-14-24-29(35)26(39)17-25(31(24)41)38(18-23-11-7-8-13-37-23)33(42)20(2)10-9-12-27(44-5)32(46-34(36)43)22(4)16-21(3)30(40)28(15-19)45-6/h7-13,16-17,19,21,27-28,30,32,40H,14-15,18,35H2,1-6H3,(H2,36,43)/b12-9-,20-10+,22-16+/t19-,21+,27+,28+,30-,32+/m1/s1. The van der Waals surface area contributed by atoms with Gasteiger partial charge in [0.25, 0.3) is 5.91 Å². The summed E-state index contributed by atoms with van der Waals surface area (Å²) >= 11 is 0. The number of fused-ring (bicyclic) bond motifs is 2. The molecule has 3 rings (SSSR count). The number of ketones is 2. The minimum Gasteiger partial charge on any atom is -0.439 e. The molecular weight excluding hydrogens is 592 g/mol. The minimum absolute atomic E-state index is 0.0861. The van der Waals surface area contributed by atoms with Gasteiger partial charge in [0.1, 0.15) is 6.10 Å². The third-order valence-corrected chi connectivity index (χ3v) is 8.13. The molecule has 1 aliphatic carbocycles. The molecule has 12 heteroatoms. The second kappa shape index (κ2) is 16.3. The molecular formula is C34H44N4O8. The van der Waals surface area contributed by atoms with Crippen LogP contribution in [0.5, 0.6) is 0 Å². The molecule has 46 heavy (non-hydrogen) atoms. The van der Waals surface area contributed by atoms with Crippen molar-refractivity contribution in [1.82, 2.24) is 9.88 Å². The summed E-state index contributed by atoms with van der Waals surface area (Å²) in [6.07, 6.45) is 5.09. The lowest BCUT2D eigenvalue weighted by Crippen LogP contribution is -2.39. The Morgan fingerprint density at radius 3 is 2.46 bits per heavy atom. The average molecular weight is 637 g/mol. The van der Waals surface area contributed by atoms with Gasteiger partial charge in [0.05, 0.1) is 35.8 Å². The Morgan fingerprint density at radius 1 is 1.13 bits per heavy atom. The maximum Gasteiger partial charge on any atom is 0.405 e. The molecule has 6 atom stereocenters. The van der Waals surface area contributed by atoms with Crippen LogP contribution >= 0.6 is 0 Å². The van der Waals surface area contributed by atoms with Gasteiger partial charge in [-0.15, -0.1) is 0 Å². The molecule has 1 aliphatic heterocycles. The summed E-state index contributed by atoms with van der Waals surface area (Å²) in [5.74, 6) is -2.39. The van der Waals surface area contributed by atoms with Crippen LogP contribution in [0.1, 0.15) is 46.2 Å². The Labute approximate surface area is 269 Å². The predicted molar refractivity (Wildman–Crippen MR) is 170 cm³/mol. The van der Waals surface area contributed by atoms with Crippen molar-refractivity contribution >= 4 is 23.6 Å². The van der Waals surface area contributed by atoms with Crippen molar-refractivity contribution < 1.29 is 38.5 Å². The summed E-state index contributed by atoms with van der Waals surface area (Å²) in [5.41, 5.74) is 12.7. The molecule has 2 bridgehead atoms. The van der Waals surface area contributed by atoms with Gasteiger partial charge in [-0.2, -0.15) is 0 Å². The summed E-state index contributed by atoms with van der Waals surface area (Å²) in [7, 11) is 2.91. The molecule has 1 aromatic heterocycles. The second-order valence-corrected chi connectivity index (χ2v) is 11.7. The van der Waals surface area contributed by atoms with Crippen LogP contribution in [0, 0.1) is 11.8 Å². The van der Waals surface area contributed by atoms with E-state index in [4.69, 9.17) is 25.7 Å². The van der Waals surface area contributed by atoms with Crippen molar-refractivity contribution in [2.75, 3.05) is 14.2 Å². The summed E-state index contributed by atoms with van der Waals surface area (Å²) in [4.78, 5) is 58.4. The van der Waals surface area contributed by atoms with Crippen LogP contribution in [-0.2, 0) is 35.1 Å². The normalized spacial score (nSPS) is 30.2. The first-order chi connectivity index (χ1) is 21.8. The Morgan fingerprint density at radius 2 is 1.85 bits per heavy atom. The Balaban J connectivity index is 2.17. The van der Waals surface area contributed by atoms with Gasteiger partial charge < -0.3 is 30.8 Å². The summed E-state index contributed by atoms with van der Waals surface area (Å²) in [6, 6.07) is 5.19. The lowest BCUT2D eigenvalue weighted by molar-refractivity contribution is -0.129. The molecule has 0 saturated carbocycles. The first kappa shape index (κ1) is 36.1. The minimum atomic E-state index is -1.01. The van der Waals surface area contributed by atoms with E-state index < -0.39 is 53.9 Å². The number of methoxy groups -OCH3 is 2. The molecule has 0 fully saturated rings. The molecule has 12 nitrogen and oxygen atoms in total. The Hall–Kier alpha value is -4.39. The number of primary amides is 1. The van der Waals surface area contributed by atoms with Gasteiger partial charge in [-0.05, 0) is 50.3 Å². The van der Waals surface area contributed by atoms with Crippen LogP contribution in [0.15, 0.2) is 82.9 Å². The van der Waals surface area contributed by atoms with Crippen molar-refractivity contribution in [3.05, 3.63) is 88.6 Å². The van der Waals surface area contributed by atoms with E-state index in [1.165, 1.54) is 25.2 Å². The topological polar surface area (TPSA) is 184 Å². The molecule has 0 saturated heterocycles. The lowest BCUT2D eigenvalue weighted by atomic mass is 9.85. The lowest BCUT2D eigenvalue weighted by Gasteiger charge is -2.30. The van der Waals surface area contributed by atoms with E-state index in [1.54, 1.807) is 63.4 Å². The van der Waals surface area contributed by atoms with Crippen molar-refractivity contribution in [2.45, 2.75) is 71.5 Å². The number of ether oxygens (including phenoxy) is 3. The van der Waals surface area contributed by atoms with Gasteiger partial charge >= 0.3 is 6.09 Å². The highest BCUT2D eigenvalue weighted by atomic mass is 16.6. The average Bonchev–Trinajstić information content (AvgIpc) is 3.02. The zero-order valence-corrected chi connectivity index (χ0v) is 27.1.